The highest BCUT2D eigenvalue weighted by molar-refractivity contribution is 5.94. The van der Waals surface area contributed by atoms with E-state index in [-0.39, 0.29) is 5.91 Å². The maximum atomic E-state index is 11.9. The van der Waals surface area contributed by atoms with Crippen molar-refractivity contribution < 1.29 is 4.79 Å². The van der Waals surface area contributed by atoms with Crippen LogP contribution in [-0.4, -0.2) is 31.0 Å². The van der Waals surface area contributed by atoms with Crippen LogP contribution in [0.4, 0.5) is 0 Å². The molecule has 5 nitrogen and oxygen atoms in total. The molecular formula is C17H28N4O. The number of hydrogen-bond acceptors (Lipinski definition) is 2. The van der Waals surface area contributed by atoms with Crippen LogP contribution in [0.1, 0.15) is 50.0 Å². The second-order valence-electron chi connectivity index (χ2n) is 5.21. The maximum absolute atomic E-state index is 11.9. The molecule has 22 heavy (non-hydrogen) atoms. The van der Waals surface area contributed by atoms with Gasteiger partial charge in [0.05, 0.1) is 6.54 Å². The van der Waals surface area contributed by atoms with E-state index in [1.807, 2.05) is 38.1 Å². The molecule has 0 aliphatic carbocycles. The van der Waals surface area contributed by atoms with Gasteiger partial charge in [-0.1, -0.05) is 19.1 Å². The highest BCUT2D eigenvalue weighted by Crippen LogP contribution is 2.07. The number of nitrogens with one attached hydrogen (secondary N) is 3. The molecule has 0 aliphatic rings. The van der Waals surface area contributed by atoms with E-state index in [0.717, 1.165) is 24.5 Å². The van der Waals surface area contributed by atoms with E-state index in [0.29, 0.717) is 24.7 Å². The summed E-state index contributed by atoms with van der Waals surface area (Å²) in [5.41, 5.74) is 1.69. The first-order valence-corrected chi connectivity index (χ1v) is 8.02. The largest absolute Gasteiger partial charge is 0.357 e. The Morgan fingerprint density at radius 1 is 1.18 bits per heavy atom. The molecule has 1 unspecified atom stereocenters. The summed E-state index contributed by atoms with van der Waals surface area (Å²) in [6, 6.07) is 7.96. The summed E-state index contributed by atoms with van der Waals surface area (Å²) in [6.45, 7) is 10.2. The highest BCUT2D eigenvalue weighted by atomic mass is 16.1. The predicted octanol–water partition coefficient (Wildman–Crippen LogP) is 2.29. The molecule has 0 fully saturated rings. The lowest BCUT2D eigenvalue weighted by Gasteiger charge is -2.16. The van der Waals surface area contributed by atoms with Crippen molar-refractivity contribution in [2.24, 2.45) is 4.99 Å². The summed E-state index contributed by atoms with van der Waals surface area (Å²) in [6.07, 6.45) is 1.04. The van der Waals surface area contributed by atoms with E-state index in [9.17, 15) is 4.79 Å². The first-order chi connectivity index (χ1) is 10.6. The first-order valence-electron chi connectivity index (χ1n) is 8.02. The lowest BCUT2D eigenvalue weighted by atomic mass is 10.1. The van der Waals surface area contributed by atoms with Crippen LogP contribution in [-0.2, 0) is 6.54 Å². The third-order valence-electron chi connectivity index (χ3n) is 3.29. The molecule has 3 N–H and O–H groups in total. The van der Waals surface area contributed by atoms with Crippen LogP contribution in [0.25, 0.3) is 0 Å². The fourth-order valence-electron chi connectivity index (χ4n) is 1.90. The number of carbonyl (C=O) groups is 1. The quantitative estimate of drug-likeness (QED) is 0.535. The van der Waals surface area contributed by atoms with Crippen LogP contribution in [0.3, 0.4) is 0 Å². The summed E-state index contributed by atoms with van der Waals surface area (Å²) >= 11 is 0. The molecule has 1 aromatic rings. The number of guanidine groups is 1. The van der Waals surface area contributed by atoms with E-state index in [1.54, 1.807) is 0 Å². The number of benzene rings is 1. The molecule has 1 amide bonds. The molecule has 5 heteroatoms. The molecule has 0 aliphatic heterocycles. The van der Waals surface area contributed by atoms with Crippen molar-refractivity contribution >= 4 is 11.9 Å². The summed E-state index contributed by atoms with van der Waals surface area (Å²) in [4.78, 5) is 16.4. The summed E-state index contributed by atoms with van der Waals surface area (Å²) in [7, 11) is 0. The Morgan fingerprint density at radius 3 is 2.55 bits per heavy atom. The van der Waals surface area contributed by atoms with E-state index in [1.165, 1.54) is 0 Å². The molecule has 0 saturated carbocycles. The Kier molecular flexibility index (Phi) is 8.04. The van der Waals surface area contributed by atoms with Gasteiger partial charge in [0.25, 0.3) is 5.91 Å². The van der Waals surface area contributed by atoms with Crippen molar-refractivity contribution in [3.8, 4) is 0 Å². The number of carbonyl (C=O) groups excluding carboxylic acids is 1. The van der Waals surface area contributed by atoms with Crippen molar-refractivity contribution in [1.29, 1.82) is 0 Å². The van der Waals surface area contributed by atoms with Gasteiger partial charge in [-0.3, -0.25) is 4.79 Å². The van der Waals surface area contributed by atoms with E-state index in [2.05, 4.69) is 34.8 Å². The van der Waals surface area contributed by atoms with Gasteiger partial charge in [0.15, 0.2) is 5.96 Å². The SMILES string of the molecule is CCNC(=O)c1cccc(CN=C(NCC)NC(C)CC)c1. The van der Waals surface area contributed by atoms with Crippen molar-refractivity contribution in [3.63, 3.8) is 0 Å². The molecule has 1 atom stereocenters. The zero-order valence-corrected chi connectivity index (χ0v) is 14.1. The van der Waals surface area contributed by atoms with Gasteiger partial charge >= 0.3 is 0 Å². The number of amides is 1. The van der Waals surface area contributed by atoms with Crippen LogP contribution < -0.4 is 16.0 Å². The summed E-state index contributed by atoms with van der Waals surface area (Å²) < 4.78 is 0. The average molecular weight is 304 g/mol. The molecule has 1 rings (SSSR count). The van der Waals surface area contributed by atoms with Gasteiger partial charge in [0, 0.05) is 24.7 Å². The Balaban J connectivity index is 2.76. The molecule has 0 spiro atoms. The average Bonchev–Trinajstić information content (AvgIpc) is 2.53. The lowest BCUT2D eigenvalue weighted by Crippen LogP contribution is -2.41. The molecule has 0 saturated heterocycles. The van der Waals surface area contributed by atoms with E-state index < -0.39 is 0 Å². The van der Waals surface area contributed by atoms with Crippen LogP contribution in [0.15, 0.2) is 29.3 Å². The standard InChI is InChI=1S/C17H28N4O/c1-5-13(4)21-17(19-7-3)20-12-14-9-8-10-15(11-14)16(22)18-6-2/h8-11,13H,5-7,12H2,1-4H3,(H,18,22)(H2,19,20,21). The van der Waals surface area contributed by atoms with Crippen molar-refractivity contribution in [1.82, 2.24) is 16.0 Å². The monoisotopic (exact) mass is 304 g/mol. The number of hydrogen-bond donors (Lipinski definition) is 3. The van der Waals surface area contributed by atoms with E-state index in [4.69, 9.17) is 0 Å². The molecule has 0 bridgehead atoms. The Bertz CT molecular complexity index is 499. The number of aliphatic imine (C=N–C) groups is 1. The molecule has 0 radical (unpaired) electrons. The van der Waals surface area contributed by atoms with Gasteiger partial charge in [-0.15, -0.1) is 0 Å². The van der Waals surface area contributed by atoms with Crippen LogP contribution in [0.5, 0.6) is 0 Å². The summed E-state index contributed by atoms with van der Waals surface area (Å²) in [5, 5.41) is 9.40. The van der Waals surface area contributed by atoms with Crippen LogP contribution >= 0.6 is 0 Å². The third kappa shape index (κ3) is 6.16. The predicted molar refractivity (Wildman–Crippen MR) is 92.2 cm³/mol. The smallest absolute Gasteiger partial charge is 0.251 e. The van der Waals surface area contributed by atoms with Crippen molar-refractivity contribution in [2.45, 2.75) is 46.7 Å². The fraction of sp³-hybridized carbons (Fsp3) is 0.529. The Labute approximate surface area is 133 Å². The van der Waals surface area contributed by atoms with E-state index >= 15 is 0 Å². The number of rotatable bonds is 7. The van der Waals surface area contributed by atoms with Gasteiger partial charge in [-0.25, -0.2) is 4.99 Å². The molecule has 0 heterocycles. The van der Waals surface area contributed by atoms with Crippen LogP contribution in [0.2, 0.25) is 0 Å². The van der Waals surface area contributed by atoms with Gasteiger partial charge in [-0.05, 0) is 44.9 Å². The van der Waals surface area contributed by atoms with Crippen molar-refractivity contribution in [2.75, 3.05) is 13.1 Å². The second kappa shape index (κ2) is 9.82. The molecular weight excluding hydrogens is 276 g/mol. The molecule has 122 valence electrons. The molecule has 1 aromatic carbocycles. The van der Waals surface area contributed by atoms with Gasteiger partial charge < -0.3 is 16.0 Å². The van der Waals surface area contributed by atoms with Gasteiger partial charge in [-0.2, -0.15) is 0 Å². The maximum Gasteiger partial charge on any atom is 0.251 e. The number of nitrogens with zero attached hydrogens (tertiary/aromatic N) is 1. The minimum atomic E-state index is -0.0435. The minimum absolute atomic E-state index is 0.0435. The van der Waals surface area contributed by atoms with Crippen molar-refractivity contribution in [3.05, 3.63) is 35.4 Å². The topological polar surface area (TPSA) is 65.5 Å². The van der Waals surface area contributed by atoms with Gasteiger partial charge in [0.1, 0.15) is 0 Å². The highest BCUT2D eigenvalue weighted by Gasteiger charge is 2.05. The Hall–Kier alpha value is -2.04. The summed E-state index contributed by atoms with van der Waals surface area (Å²) in [5.74, 6) is 0.762. The zero-order valence-electron chi connectivity index (χ0n) is 14.1. The zero-order chi connectivity index (χ0) is 16.4. The normalized spacial score (nSPS) is 12.6. The third-order valence-corrected chi connectivity index (χ3v) is 3.29. The lowest BCUT2D eigenvalue weighted by molar-refractivity contribution is 0.0955. The minimum Gasteiger partial charge on any atom is -0.357 e. The molecule has 0 aromatic heterocycles. The fourth-order valence-corrected chi connectivity index (χ4v) is 1.90. The van der Waals surface area contributed by atoms with Crippen LogP contribution in [0, 0.1) is 0 Å². The second-order valence-corrected chi connectivity index (χ2v) is 5.21. The first kappa shape index (κ1) is 18.0. The Morgan fingerprint density at radius 2 is 1.91 bits per heavy atom. The van der Waals surface area contributed by atoms with Gasteiger partial charge in [0.2, 0.25) is 0 Å².